The molecule has 0 heterocycles. The molecule has 6 nitrogen and oxygen atoms in total. The van der Waals surface area contributed by atoms with Crippen molar-refractivity contribution >= 4 is 26.5 Å². The lowest BCUT2D eigenvalue weighted by Crippen LogP contribution is -2.44. The molecule has 3 aromatic rings. The van der Waals surface area contributed by atoms with Crippen LogP contribution in [-0.4, -0.2) is 38.9 Å². The van der Waals surface area contributed by atoms with Gasteiger partial charge >= 0.3 is 13.9 Å². The average Bonchev–Trinajstić information content (AvgIpc) is 2.83. The molecule has 0 saturated heterocycles. The minimum atomic E-state index is -4.03. The van der Waals surface area contributed by atoms with Gasteiger partial charge in [-0.25, -0.2) is 0 Å². The Balaban J connectivity index is 2.03. The number of benzene rings is 3. The first-order valence-electron chi connectivity index (χ1n) is 10.8. The normalized spacial score (nSPS) is 13.4. The Morgan fingerprint density at radius 1 is 0.824 bits per heavy atom. The lowest BCUT2D eigenvalue weighted by Gasteiger charge is -2.41. The molecule has 0 spiro atoms. The van der Waals surface area contributed by atoms with E-state index in [-0.39, 0.29) is 6.61 Å². The molecule has 0 aliphatic carbocycles. The van der Waals surface area contributed by atoms with Crippen molar-refractivity contribution in [2.45, 2.75) is 24.9 Å². The summed E-state index contributed by atoms with van der Waals surface area (Å²) in [5, 5.41) is 0. The van der Waals surface area contributed by atoms with Gasteiger partial charge in [0.25, 0.3) is 0 Å². The molecule has 1 unspecified atom stereocenters. The van der Waals surface area contributed by atoms with Gasteiger partial charge in [0.2, 0.25) is 0 Å². The summed E-state index contributed by atoms with van der Waals surface area (Å²) in [4.78, 5) is 40.4. The molecule has 3 aromatic carbocycles. The molecule has 180 valence electrons. The molecule has 8 heteroatoms. The van der Waals surface area contributed by atoms with Crippen molar-refractivity contribution in [2.24, 2.45) is 5.41 Å². The maximum absolute atomic E-state index is 12.9. The van der Waals surface area contributed by atoms with Crippen LogP contribution >= 0.6 is 20.6 Å². The lowest BCUT2D eigenvalue weighted by molar-refractivity contribution is -0.161. The summed E-state index contributed by atoms with van der Waals surface area (Å²) >= 11 is 4.71. The number of carbonyl (C=O) groups excluding carboxylic acids is 1. The Bertz CT molecular complexity index is 958. The second-order valence-electron chi connectivity index (χ2n) is 8.52. The van der Waals surface area contributed by atoms with Gasteiger partial charge in [-0.1, -0.05) is 91.0 Å². The minimum absolute atomic E-state index is 0.332. The number of rotatable bonds is 10. The maximum Gasteiger partial charge on any atom is 0.407 e. The second-order valence-corrected chi connectivity index (χ2v) is 10.8. The van der Waals surface area contributed by atoms with Crippen molar-refractivity contribution < 1.29 is 28.9 Å². The van der Waals surface area contributed by atoms with E-state index < -0.39 is 36.5 Å². The highest BCUT2D eigenvalue weighted by Crippen LogP contribution is 2.45. The van der Waals surface area contributed by atoms with Crippen LogP contribution in [0.3, 0.4) is 0 Å². The summed E-state index contributed by atoms with van der Waals surface area (Å²) < 4.78 is 12.0. The van der Waals surface area contributed by atoms with Crippen molar-refractivity contribution in [1.29, 1.82) is 0 Å². The molecule has 0 radical (unpaired) electrons. The number of carbonyl (C=O) groups is 1. The van der Waals surface area contributed by atoms with E-state index in [1.54, 1.807) is 13.8 Å². The predicted molar refractivity (Wildman–Crippen MR) is 136 cm³/mol. The van der Waals surface area contributed by atoms with Gasteiger partial charge in [0.15, 0.2) is 6.16 Å². The van der Waals surface area contributed by atoms with Crippen molar-refractivity contribution in [1.82, 2.24) is 0 Å². The molecule has 0 aromatic heterocycles. The van der Waals surface area contributed by atoms with Crippen LogP contribution in [0, 0.1) is 5.41 Å². The molecule has 0 aliphatic rings. The average molecular weight is 502 g/mol. The van der Waals surface area contributed by atoms with Gasteiger partial charge in [0.1, 0.15) is 17.6 Å². The van der Waals surface area contributed by atoms with Gasteiger partial charge in [0.05, 0.1) is 5.41 Å². The van der Waals surface area contributed by atoms with E-state index >= 15 is 0 Å². The van der Waals surface area contributed by atoms with Gasteiger partial charge in [-0.05, 0) is 30.5 Å². The van der Waals surface area contributed by atoms with Gasteiger partial charge < -0.3 is 9.47 Å². The van der Waals surface area contributed by atoms with Crippen LogP contribution in [0.25, 0.3) is 0 Å². The van der Waals surface area contributed by atoms with Crippen molar-refractivity contribution in [3.05, 3.63) is 108 Å². The van der Waals surface area contributed by atoms with Crippen molar-refractivity contribution in [2.75, 3.05) is 12.8 Å². The van der Waals surface area contributed by atoms with E-state index in [0.717, 1.165) is 16.7 Å². The zero-order valence-corrected chi connectivity index (χ0v) is 20.9. The third kappa shape index (κ3) is 6.05. The molecule has 0 amide bonds. The van der Waals surface area contributed by atoms with Gasteiger partial charge in [-0.15, -0.1) is 12.6 Å². The van der Waals surface area contributed by atoms with E-state index in [1.165, 1.54) is 0 Å². The second kappa shape index (κ2) is 11.0. The van der Waals surface area contributed by atoms with Crippen molar-refractivity contribution in [3.8, 4) is 0 Å². The SMILES string of the molecule is CC(C)(C(=O)OCC[P+](O)(O)O)C(S)OC(c1ccccc1)(c1ccccc1)c1ccccc1. The summed E-state index contributed by atoms with van der Waals surface area (Å²) in [6.45, 7) is 2.97. The highest BCUT2D eigenvalue weighted by atomic mass is 32.1. The smallest absolute Gasteiger partial charge is 0.407 e. The van der Waals surface area contributed by atoms with Crippen LogP contribution in [0.5, 0.6) is 0 Å². The highest BCUT2D eigenvalue weighted by molar-refractivity contribution is 7.80. The third-order valence-corrected chi connectivity index (χ3v) is 7.13. The van der Waals surface area contributed by atoms with Crippen molar-refractivity contribution in [3.63, 3.8) is 0 Å². The molecule has 1 atom stereocenters. The van der Waals surface area contributed by atoms with Crippen LogP contribution in [-0.2, 0) is 19.9 Å². The zero-order chi connectivity index (χ0) is 24.8. The lowest BCUT2D eigenvalue weighted by atomic mass is 9.79. The summed E-state index contributed by atoms with van der Waals surface area (Å²) in [7, 11) is -4.03. The first-order valence-corrected chi connectivity index (χ1v) is 13.2. The van der Waals surface area contributed by atoms with E-state index in [0.29, 0.717) is 0 Å². The van der Waals surface area contributed by atoms with Crippen LogP contribution in [0.2, 0.25) is 0 Å². The number of hydrogen-bond donors (Lipinski definition) is 4. The van der Waals surface area contributed by atoms with E-state index in [1.807, 2.05) is 91.0 Å². The summed E-state index contributed by atoms with van der Waals surface area (Å²) in [5.74, 6) is -0.635. The summed E-state index contributed by atoms with van der Waals surface area (Å²) in [6, 6.07) is 29.2. The molecule has 0 fully saturated rings. The molecule has 34 heavy (non-hydrogen) atoms. The van der Waals surface area contributed by atoms with E-state index in [9.17, 15) is 4.79 Å². The summed E-state index contributed by atoms with van der Waals surface area (Å²) in [5.41, 5.74) is -0.607. The Morgan fingerprint density at radius 3 is 1.56 bits per heavy atom. The maximum atomic E-state index is 12.9. The Kier molecular flexibility index (Phi) is 8.52. The van der Waals surface area contributed by atoms with Gasteiger partial charge in [-0.2, -0.15) is 14.7 Å². The molecule has 3 rings (SSSR count). The van der Waals surface area contributed by atoms with Crippen LogP contribution in [0.15, 0.2) is 91.0 Å². The van der Waals surface area contributed by atoms with Crippen LogP contribution in [0.1, 0.15) is 30.5 Å². The highest BCUT2D eigenvalue weighted by Gasteiger charge is 2.46. The Labute approximate surface area is 206 Å². The minimum Gasteiger partial charge on any atom is -0.461 e. The van der Waals surface area contributed by atoms with Crippen LogP contribution < -0.4 is 0 Å². The Hall–Kier alpha value is -2.25. The van der Waals surface area contributed by atoms with E-state index in [2.05, 4.69) is 0 Å². The molecule has 0 aliphatic heterocycles. The fourth-order valence-corrected chi connectivity index (χ4v) is 4.18. The summed E-state index contributed by atoms with van der Waals surface area (Å²) in [6.07, 6.45) is -0.436. The number of thiol groups is 1. The predicted octanol–water partition coefficient (Wildman–Crippen LogP) is 4.56. The fourth-order valence-electron chi connectivity index (χ4n) is 3.59. The topological polar surface area (TPSA) is 96.2 Å². The monoisotopic (exact) mass is 501 g/mol. The van der Waals surface area contributed by atoms with Gasteiger partial charge in [0, 0.05) is 0 Å². The van der Waals surface area contributed by atoms with E-state index in [4.69, 9.17) is 36.8 Å². The first kappa shape index (κ1) is 26.4. The number of esters is 1. The van der Waals surface area contributed by atoms with Gasteiger partial charge in [-0.3, -0.25) is 4.79 Å². The first-order chi connectivity index (χ1) is 16.1. The molecule has 0 bridgehead atoms. The van der Waals surface area contributed by atoms with Crippen LogP contribution in [0.4, 0.5) is 0 Å². The number of ether oxygens (including phenoxy) is 2. The number of hydrogen-bond acceptors (Lipinski definition) is 7. The zero-order valence-electron chi connectivity index (χ0n) is 19.1. The molecular weight excluding hydrogens is 471 g/mol. The third-order valence-electron chi connectivity index (χ3n) is 5.60. The molecule has 3 N–H and O–H groups in total. The fraction of sp³-hybridized carbons (Fsp3) is 0.269. The Morgan fingerprint density at radius 2 is 1.21 bits per heavy atom. The molecule has 0 saturated carbocycles. The quantitative estimate of drug-likeness (QED) is 0.107. The molecular formula is C26H30O6PS+. The largest absolute Gasteiger partial charge is 0.461 e. The standard InChI is InChI=1S/C26H29O6PS/c1-25(2,23(27)31-18-19-33(28,29)30)24(34)32-26(20-12-6-3-7-13-20,21-14-8-4-9-15-21)22-16-10-5-11-17-22/h3-17,24,28-30H,18-19H2,1-2H3/p+1.